The van der Waals surface area contributed by atoms with Crippen LogP contribution < -0.4 is 11.5 Å². The molecule has 2 aromatic rings. The van der Waals surface area contributed by atoms with Gasteiger partial charge in [-0.25, -0.2) is 9.59 Å². The van der Waals surface area contributed by atoms with E-state index >= 15 is 0 Å². The molecule has 0 heterocycles. The van der Waals surface area contributed by atoms with E-state index in [1.807, 2.05) is 74.5 Å². The quantitative estimate of drug-likeness (QED) is 0.317. The van der Waals surface area contributed by atoms with E-state index in [-0.39, 0.29) is 0 Å². The first kappa shape index (κ1) is 31.0. The lowest BCUT2D eigenvalue weighted by atomic mass is 9.89. The first-order valence-electron chi connectivity index (χ1n) is 10.8. The van der Waals surface area contributed by atoms with Crippen LogP contribution in [0.15, 0.2) is 72.8 Å². The van der Waals surface area contributed by atoms with E-state index in [0.717, 1.165) is 11.1 Å². The molecule has 0 aliphatic heterocycles. The summed E-state index contributed by atoms with van der Waals surface area (Å²) in [6, 6.07) is 19.9. The molecule has 0 saturated carbocycles. The van der Waals surface area contributed by atoms with Gasteiger partial charge in [-0.05, 0) is 51.7 Å². The molecule has 0 spiro atoms. The second kappa shape index (κ2) is 15.0. The Kier molecular flexibility index (Phi) is 13.6. The SMILES string of the molecule is CC(O)C(C)(N)Cc1ccccc1.CC(O)C(C)(N)Cc1ccccc1.O=C(O)/C=C\C(=O)O. The van der Waals surface area contributed by atoms with E-state index in [1.165, 1.54) is 0 Å². The van der Waals surface area contributed by atoms with Crippen molar-refractivity contribution < 1.29 is 30.0 Å². The van der Waals surface area contributed by atoms with Crippen molar-refractivity contribution >= 4 is 11.9 Å². The molecule has 2 aromatic carbocycles. The van der Waals surface area contributed by atoms with Crippen molar-refractivity contribution in [1.29, 1.82) is 0 Å². The van der Waals surface area contributed by atoms with E-state index in [0.29, 0.717) is 25.0 Å². The number of rotatable bonds is 8. The Morgan fingerprint density at radius 3 is 1.21 bits per heavy atom. The first-order chi connectivity index (χ1) is 15.7. The molecule has 0 saturated heterocycles. The maximum atomic E-state index is 9.55. The smallest absolute Gasteiger partial charge is 0.328 e. The van der Waals surface area contributed by atoms with Gasteiger partial charge in [-0.1, -0.05) is 60.7 Å². The number of aliphatic hydroxyl groups is 2. The third kappa shape index (κ3) is 14.2. The third-order valence-electron chi connectivity index (χ3n) is 5.13. The molecular weight excluding hydrogens is 436 g/mol. The largest absolute Gasteiger partial charge is 0.478 e. The fourth-order valence-corrected chi connectivity index (χ4v) is 2.51. The van der Waals surface area contributed by atoms with Gasteiger partial charge in [0, 0.05) is 23.2 Å². The zero-order valence-electron chi connectivity index (χ0n) is 20.3. The van der Waals surface area contributed by atoms with Crippen molar-refractivity contribution in [2.45, 2.75) is 63.8 Å². The van der Waals surface area contributed by atoms with Gasteiger partial charge in [0.05, 0.1) is 12.2 Å². The Morgan fingerprint density at radius 2 is 1.00 bits per heavy atom. The molecule has 0 amide bonds. The van der Waals surface area contributed by atoms with Crippen LogP contribution in [-0.4, -0.2) is 55.7 Å². The summed E-state index contributed by atoms with van der Waals surface area (Å²) in [4.78, 5) is 19.1. The summed E-state index contributed by atoms with van der Waals surface area (Å²) < 4.78 is 0. The van der Waals surface area contributed by atoms with Gasteiger partial charge in [0.25, 0.3) is 0 Å². The first-order valence-corrected chi connectivity index (χ1v) is 10.8. The maximum Gasteiger partial charge on any atom is 0.328 e. The zero-order valence-corrected chi connectivity index (χ0v) is 20.3. The molecule has 4 atom stereocenters. The van der Waals surface area contributed by atoms with Gasteiger partial charge in [0.15, 0.2) is 0 Å². The van der Waals surface area contributed by atoms with Crippen LogP contribution in [0.2, 0.25) is 0 Å². The molecule has 0 aromatic heterocycles. The van der Waals surface area contributed by atoms with E-state index in [1.54, 1.807) is 13.8 Å². The van der Waals surface area contributed by atoms with E-state index < -0.39 is 35.2 Å². The van der Waals surface area contributed by atoms with Gasteiger partial charge in [0.1, 0.15) is 0 Å². The van der Waals surface area contributed by atoms with E-state index in [9.17, 15) is 19.8 Å². The lowest BCUT2D eigenvalue weighted by Gasteiger charge is -2.27. The van der Waals surface area contributed by atoms with E-state index in [4.69, 9.17) is 21.7 Å². The van der Waals surface area contributed by atoms with Crippen molar-refractivity contribution in [2.75, 3.05) is 0 Å². The molecule has 0 radical (unpaired) electrons. The molecule has 4 unspecified atom stereocenters. The highest BCUT2D eigenvalue weighted by molar-refractivity contribution is 5.89. The number of hydrogen-bond acceptors (Lipinski definition) is 6. The summed E-state index contributed by atoms with van der Waals surface area (Å²) >= 11 is 0. The van der Waals surface area contributed by atoms with Gasteiger partial charge in [-0.2, -0.15) is 0 Å². The molecule has 8 heteroatoms. The van der Waals surface area contributed by atoms with Crippen molar-refractivity contribution in [3.05, 3.63) is 83.9 Å². The summed E-state index contributed by atoms with van der Waals surface area (Å²) in [5.41, 5.74) is 13.1. The van der Waals surface area contributed by atoms with Crippen molar-refractivity contribution in [2.24, 2.45) is 11.5 Å². The molecule has 0 bridgehead atoms. The van der Waals surface area contributed by atoms with Crippen molar-refractivity contribution in [3.63, 3.8) is 0 Å². The van der Waals surface area contributed by atoms with Crippen LogP contribution in [0, 0.1) is 0 Å². The van der Waals surface area contributed by atoms with Crippen molar-refractivity contribution in [1.82, 2.24) is 0 Å². The Morgan fingerprint density at radius 1 is 0.735 bits per heavy atom. The second-order valence-electron chi connectivity index (χ2n) is 8.70. The number of carboxylic acids is 2. The maximum absolute atomic E-state index is 9.55. The zero-order chi connectivity index (χ0) is 26.4. The third-order valence-corrected chi connectivity index (χ3v) is 5.13. The van der Waals surface area contributed by atoms with Gasteiger partial charge in [-0.15, -0.1) is 0 Å². The van der Waals surface area contributed by atoms with Gasteiger partial charge in [-0.3, -0.25) is 0 Å². The number of nitrogens with two attached hydrogens (primary N) is 2. The summed E-state index contributed by atoms with van der Waals surface area (Å²) in [6.45, 7) is 7.18. The Balaban J connectivity index is 0.000000497. The van der Waals surface area contributed by atoms with Gasteiger partial charge in [0.2, 0.25) is 0 Å². The van der Waals surface area contributed by atoms with Crippen LogP contribution in [0.1, 0.15) is 38.8 Å². The number of benzene rings is 2. The molecule has 8 N–H and O–H groups in total. The van der Waals surface area contributed by atoms with Gasteiger partial charge < -0.3 is 31.9 Å². The molecule has 0 aliphatic rings. The second-order valence-corrected chi connectivity index (χ2v) is 8.70. The van der Waals surface area contributed by atoms with Crippen LogP contribution in [0.5, 0.6) is 0 Å². The number of carbonyl (C=O) groups is 2. The van der Waals surface area contributed by atoms with Crippen LogP contribution >= 0.6 is 0 Å². The molecule has 34 heavy (non-hydrogen) atoms. The number of hydrogen-bond donors (Lipinski definition) is 6. The Bertz CT molecular complexity index is 805. The number of carboxylic acid groups (broad SMARTS) is 2. The average Bonchev–Trinajstić information content (AvgIpc) is 2.74. The van der Waals surface area contributed by atoms with Crippen LogP contribution in [-0.2, 0) is 22.4 Å². The molecule has 2 rings (SSSR count). The highest BCUT2D eigenvalue weighted by Crippen LogP contribution is 2.14. The molecule has 8 nitrogen and oxygen atoms in total. The normalized spacial score (nSPS) is 15.9. The molecule has 0 fully saturated rings. The fraction of sp³-hybridized carbons (Fsp3) is 0.385. The Labute approximate surface area is 201 Å². The minimum atomic E-state index is -1.26. The average molecular weight is 475 g/mol. The Hall–Kier alpha value is -3.04. The van der Waals surface area contributed by atoms with E-state index in [2.05, 4.69) is 0 Å². The van der Waals surface area contributed by atoms with Crippen LogP contribution in [0.3, 0.4) is 0 Å². The van der Waals surface area contributed by atoms with Gasteiger partial charge >= 0.3 is 11.9 Å². The minimum Gasteiger partial charge on any atom is -0.478 e. The highest BCUT2D eigenvalue weighted by atomic mass is 16.4. The summed E-state index contributed by atoms with van der Waals surface area (Å²) in [7, 11) is 0. The van der Waals surface area contributed by atoms with Crippen LogP contribution in [0.4, 0.5) is 0 Å². The summed E-state index contributed by atoms with van der Waals surface area (Å²) in [5, 5.41) is 34.5. The molecule has 0 aliphatic carbocycles. The summed E-state index contributed by atoms with van der Waals surface area (Å²) in [5.74, 6) is -2.51. The fourth-order valence-electron chi connectivity index (χ4n) is 2.51. The minimum absolute atomic E-state index is 0.493. The topological polar surface area (TPSA) is 167 Å². The standard InChI is InChI=1S/2C11H17NO.C4H4O4/c2*1-9(13)11(2,12)8-10-6-4-3-5-7-10;5-3(6)1-2-4(7)8/h2*3-7,9,13H,8,12H2,1-2H3;1-2H,(H,5,6)(H,7,8)/b;;2-1-. The monoisotopic (exact) mass is 474 g/mol. The molecule has 188 valence electrons. The predicted molar refractivity (Wildman–Crippen MR) is 133 cm³/mol. The lowest BCUT2D eigenvalue weighted by Crippen LogP contribution is -2.48. The number of aliphatic carboxylic acids is 2. The number of aliphatic hydroxyl groups excluding tert-OH is 2. The lowest BCUT2D eigenvalue weighted by molar-refractivity contribution is -0.134. The van der Waals surface area contributed by atoms with Crippen molar-refractivity contribution in [3.8, 4) is 0 Å². The highest BCUT2D eigenvalue weighted by Gasteiger charge is 2.25. The van der Waals surface area contributed by atoms with Crippen LogP contribution in [0.25, 0.3) is 0 Å². The summed E-state index contributed by atoms with van der Waals surface area (Å²) in [6.07, 6.45) is 1.53. The predicted octanol–water partition coefficient (Wildman–Crippen LogP) is 2.37. The molecular formula is C26H38N2O6.